The van der Waals surface area contributed by atoms with Gasteiger partial charge in [0.05, 0.1) is 32.6 Å². The monoisotopic (exact) mass is 374 g/mol. The first-order chi connectivity index (χ1) is 13.1. The van der Waals surface area contributed by atoms with E-state index in [0.717, 1.165) is 0 Å². The summed E-state index contributed by atoms with van der Waals surface area (Å²) in [4.78, 5) is 44.6. The number of imide groups is 1. The van der Waals surface area contributed by atoms with Gasteiger partial charge in [0.1, 0.15) is 11.8 Å². The zero-order chi connectivity index (χ0) is 19.0. The SMILES string of the molecule is COc1cccc(N2C(=O)C3CN(C(=O)N4CCOCC4)CCN3C2=O)c1. The fourth-order valence-corrected chi connectivity index (χ4v) is 3.71. The lowest BCUT2D eigenvalue weighted by atomic mass is 10.2. The lowest BCUT2D eigenvalue weighted by Gasteiger charge is -2.39. The standard InChI is InChI=1S/C18H22N4O5/c1-26-14-4-2-3-13(11-14)22-16(23)15-12-20(5-6-21(15)18(22)25)17(24)19-7-9-27-10-8-19/h2-4,11,15H,5-10,12H2,1H3. The molecule has 3 saturated heterocycles. The molecule has 9 nitrogen and oxygen atoms in total. The topological polar surface area (TPSA) is 82.6 Å². The smallest absolute Gasteiger partial charge is 0.332 e. The van der Waals surface area contributed by atoms with Crippen molar-refractivity contribution in [1.82, 2.24) is 14.7 Å². The van der Waals surface area contributed by atoms with Crippen LogP contribution in [0.15, 0.2) is 24.3 Å². The maximum atomic E-state index is 12.9. The van der Waals surface area contributed by atoms with Gasteiger partial charge in [0, 0.05) is 32.2 Å². The average Bonchev–Trinajstić information content (AvgIpc) is 2.98. The molecule has 0 aliphatic carbocycles. The molecule has 3 aliphatic heterocycles. The Hall–Kier alpha value is -2.81. The summed E-state index contributed by atoms with van der Waals surface area (Å²) in [5.41, 5.74) is 0.477. The van der Waals surface area contributed by atoms with Crippen LogP contribution in [0.5, 0.6) is 5.75 Å². The Kier molecular flexibility index (Phi) is 4.61. The maximum Gasteiger partial charge on any atom is 0.332 e. The normalized spacial score (nSPS) is 22.9. The number of anilines is 1. The number of hydrogen-bond acceptors (Lipinski definition) is 5. The van der Waals surface area contributed by atoms with Crippen LogP contribution in [-0.4, -0.2) is 91.8 Å². The third kappa shape index (κ3) is 3.08. The van der Waals surface area contributed by atoms with Crippen molar-refractivity contribution in [2.24, 2.45) is 0 Å². The zero-order valence-corrected chi connectivity index (χ0v) is 15.2. The van der Waals surface area contributed by atoms with Crippen molar-refractivity contribution in [3.05, 3.63) is 24.3 Å². The number of benzene rings is 1. The third-order valence-corrected chi connectivity index (χ3v) is 5.19. The van der Waals surface area contributed by atoms with E-state index in [0.29, 0.717) is 50.8 Å². The van der Waals surface area contributed by atoms with Gasteiger partial charge in [-0.2, -0.15) is 0 Å². The quantitative estimate of drug-likeness (QED) is 0.708. The summed E-state index contributed by atoms with van der Waals surface area (Å²) >= 11 is 0. The molecule has 3 fully saturated rings. The van der Waals surface area contributed by atoms with E-state index >= 15 is 0 Å². The molecule has 1 unspecified atom stereocenters. The summed E-state index contributed by atoms with van der Waals surface area (Å²) in [6.45, 7) is 3.11. The van der Waals surface area contributed by atoms with E-state index in [4.69, 9.17) is 9.47 Å². The van der Waals surface area contributed by atoms with E-state index < -0.39 is 6.04 Å². The number of amides is 5. The number of carbonyl (C=O) groups excluding carboxylic acids is 3. The van der Waals surface area contributed by atoms with Crippen LogP contribution in [-0.2, 0) is 9.53 Å². The summed E-state index contributed by atoms with van der Waals surface area (Å²) in [6.07, 6.45) is 0. The molecule has 144 valence electrons. The van der Waals surface area contributed by atoms with Crippen LogP contribution in [0.3, 0.4) is 0 Å². The van der Waals surface area contributed by atoms with Crippen molar-refractivity contribution in [2.45, 2.75) is 6.04 Å². The highest BCUT2D eigenvalue weighted by Crippen LogP contribution is 2.30. The Morgan fingerprint density at radius 1 is 1.11 bits per heavy atom. The number of ether oxygens (including phenoxy) is 2. The third-order valence-electron chi connectivity index (χ3n) is 5.19. The van der Waals surface area contributed by atoms with Crippen LogP contribution in [0.1, 0.15) is 0 Å². The molecule has 0 radical (unpaired) electrons. The van der Waals surface area contributed by atoms with Gasteiger partial charge in [0.2, 0.25) is 0 Å². The number of hydrogen-bond donors (Lipinski definition) is 0. The van der Waals surface area contributed by atoms with Crippen molar-refractivity contribution in [1.29, 1.82) is 0 Å². The Morgan fingerprint density at radius 3 is 2.63 bits per heavy atom. The Labute approximate surface area is 157 Å². The highest BCUT2D eigenvalue weighted by atomic mass is 16.5. The largest absolute Gasteiger partial charge is 0.497 e. The Bertz CT molecular complexity index is 764. The minimum Gasteiger partial charge on any atom is -0.497 e. The molecule has 27 heavy (non-hydrogen) atoms. The molecular formula is C18H22N4O5. The molecule has 4 rings (SSSR count). The second-order valence-corrected chi connectivity index (χ2v) is 6.69. The predicted octanol–water partition coefficient (Wildman–Crippen LogP) is 0.600. The van der Waals surface area contributed by atoms with E-state index in [1.807, 2.05) is 0 Å². The van der Waals surface area contributed by atoms with Crippen LogP contribution >= 0.6 is 0 Å². The van der Waals surface area contributed by atoms with Gasteiger partial charge >= 0.3 is 12.1 Å². The summed E-state index contributed by atoms with van der Waals surface area (Å²) in [5, 5.41) is 0. The van der Waals surface area contributed by atoms with Crippen LogP contribution in [0.2, 0.25) is 0 Å². The molecule has 0 N–H and O–H groups in total. The summed E-state index contributed by atoms with van der Waals surface area (Å²) in [7, 11) is 1.53. The molecule has 1 aromatic carbocycles. The van der Waals surface area contributed by atoms with Crippen LogP contribution in [0.25, 0.3) is 0 Å². The lowest BCUT2D eigenvalue weighted by Crippen LogP contribution is -2.58. The lowest BCUT2D eigenvalue weighted by molar-refractivity contribution is -0.120. The number of carbonyl (C=O) groups is 3. The highest BCUT2D eigenvalue weighted by Gasteiger charge is 2.49. The molecule has 9 heteroatoms. The second kappa shape index (κ2) is 7.07. The predicted molar refractivity (Wildman–Crippen MR) is 95.7 cm³/mol. The molecule has 3 aliphatic rings. The minimum absolute atomic E-state index is 0.0990. The molecule has 3 heterocycles. The first-order valence-corrected chi connectivity index (χ1v) is 9.00. The fourth-order valence-electron chi connectivity index (χ4n) is 3.71. The highest BCUT2D eigenvalue weighted by molar-refractivity contribution is 6.21. The Balaban J connectivity index is 1.51. The van der Waals surface area contributed by atoms with E-state index in [2.05, 4.69) is 0 Å². The second-order valence-electron chi connectivity index (χ2n) is 6.69. The van der Waals surface area contributed by atoms with Gasteiger partial charge in [-0.05, 0) is 12.1 Å². The number of rotatable bonds is 2. The van der Waals surface area contributed by atoms with Gasteiger partial charge in [-0.25, -0.2) is 14.5 Å². The number of fused-ring (bicyclic) bond motifs is 1. The van der Waals surface area contributed by atoms with Crippen molar-refractivity contribution >= 4 is 23.7 Å². The van der Waals surface area contributed by atoms with Crippen molar-refractivity contribution in [2.75, 3.05) is 57.9 Å². The fraction of sp³-hybridized carbons (Fsp3) is 0.500. The van der Waals surface area contributed by atoms with Gasteiger partial charge in [0.25, 0.3) is 5.91 Å². The summed E-state index contributed by atoms with van der Waals surface area (Å²) < 4.78 is 10.5. The van der Waals surface area contributed by atoms with Crippen LogP contribution in [0.4, 0.5) is 15.3 Å². The van der Waals surface area contributed by atoms with Crippen molar-refractivity contribution < 1.29 is 23.9 Å². The molecule has 5 amide bonds. The average molecular weight is 374 g/mol. The van der Waals surface area contributed by atoms with Gasteiger partial charge in [-0.3, -0.25) is 4.79 Å². The molecule has 0 bridgehead atoms. The minimum atomic E-state index is -0.651. The first kappa shape index (κ1) is 17.6. The van der Waals surface area contributed by atoms with Crippen molar-refractivity contribution in [3.8, 4) is 5.75 Å². The Morgan fingerprint density at radius 2 is 1.89 bits per heavy atom. The van der Waals surface area contributed by atoms with E-state index in [9.17, 15) is 14.4 Å². The van der Waals surface area contributed by atoms with Gasteiger partial charge in [-0.1, -0.05) is 6.07 Å². The van der Waals surface area contributed by atoms with Gasteiger partial charge in [0.15, 0.2) is 0 Å². The number of piperazine rings is 1. The molecule has 1 aromatic rings. The molecular weight excluding hydrogens is 352 g/mol. The zero-order valence-electron chi connectivity index (χ0n) is 15.2. The molecule has 1 atom stereocenters. The number of methoxy groups -OCH3 is 1. The van der Waals surface area contributed by atoms with E-state index in [1.165, 1.54) is 12.0 Å². The van der Waals surface area contributed by atoms with Crippen molar-refractivity contribution in [3.63, 3.8) is 0 Å². The maximum absolute atomic E-state index is 12.9. The number of morpholine rings is 1. The van der Waals surface area contributed by atoms with Crippen LogP contribution < -0.4 is 9.64 Å². The molecule has 0 saturated carbocycles. The summed E-state index contributed by atoms with van der Waals surface area (Å²) in [5.74, 6) is 0.259. The van der Waals surface area contributed by atoms with E-state index in [-0.39, 0.29) is 24.5 Å². The molecule has 0 aromatic heterocycles. The van der Waals surface area contributed by atoms with Gasteiger partial charge in [-0.15, -0.1) is 0 Å². The van der Waals surface area contributed by atoms with E-state index in [1.54, 1.807) is 39.0 Å². The number of nitrogens with zero attached hydrogens (tertiary/aromatic N) is 4. The molecule has 0 spiro atoms. The number of urea groups is 2. The van der Waals surface area contributed by atoms with Crippen LogP contribution in [0, 0.1) is 0 Å². The van der Waals surface area contributed by atoms with Gasteiger partial charge < -0.3 is 24.2 Å². The first-order valence-electron chi connectivity index (χ1n) is 9.00. The summed E-state index contributed by atoms with van der Waals surface area (Å²) in [6, 6.07) is 5.75.